The van der Waals surface area contributed by atoms with Crippen molar-refractivity contribution in [3.63, 3.8) is 0 Å². The van der Waals surface area contributed by atoms with Crippen LogP contribution in [-0.2, 0) is 19.6 Å². The number of nitrogens with one attached hydrogen (secondary N) is 1. The maximum Gasteiger partial charge on any atom is 0.243 e. The van der Waals surface area contributed by atoms with E-state index in [9.17, 15) is 18.0 Å². The van der Waals surface area contributed by atoms with E-state index in [2.05, 4.69) is 5.32 Å². The predicted molar refractivity (Wildman–Crippen MR) is 131 cm³/mol. The van der Waals surface area contributed by atoms with Crippen molar-refractivity contribution in [2.75, 3.05) is 29.9 Å². The smallest absolute Gasteiger partial charge is 0.243 e. The average Bonchev–Trinajstić information content (AvgIpc) is 3.15. The van der Waals surface area contributed by atoms with Gasteiger partial charge in [-0.1, -0.05) is 19.9 Å². The quantitative estimate of drug-likeness (QED) is 0.596. The minimum Gasteiger partial charge on any atom is -0.326 e. The fourth-order valence-electron chi connectivity index (χ4n) is 4.19. The summed E-state index contributed by atoms with van der Waals surface area (Å²) in [6.45, 7) is 9.13. The summed E-state index contributed by atoms with van der Waals surface area (Å²) in [7, 11) is -3.57. The molecule has 0 aromatic heterocycles. The number of anilines is 2. The molecule has 1 unspecified atom stereocenters. The molecule has 0 spiro atoms. The zero-order chi connectivity index (χ0) is 24.2. The molecule has 8 heteroatoms. The third kappa shape index (κ3) is 5.81. The summed E-state index contributed by atoms with van der Waals surface area (Å²) >= 11 is 0. The van der Waals surface area contributed by atoms with E-state index in [1.165, 1.54) is 16.4 Å². The standard InChI is InChI=1S/C25H33N3O4S/c1-5-11-27(12-6-2)33(31,32)23-9-7-21(8-10-23)26-25(30)20-16-24(29)28(17-20)22-14-18(3)13-19(4)15-22/h7-10,13-15,20H,5-6,11-12,16-17H2,1-4H3,(H,26,30). The van der Waals surface area contributed by atoms with Gasteiger partial charge in [0, 0.05) is 37.4 Å². The van der Waals surface area contributed by atoms with Crippen LogP contribution in [0.3, 0.4) is 0 Å². The van der Waals surface area contributed by atoms with Crippen LogP contribution in [0.15, 0.2) is 47.4 Å². The molecule has 1 fully saturated rings. The van der Waals surface area contributed by atoms with Gasteiger partial charge in [0.25, 0.3) is 0 Å². The Balaban J connectivity index is 1.68. The van der Waals surface area contributed by atoms with Crippen molar-refractivity contribution >= 4 is 33.2 Å². The van der Waals surface area contributed by atoms with Crippen LogP contribution < -0.4 is 10.2 Å². The first kappa shape index (κ1) is 24.9. The van der Waals surface area contributed by atoms with Gasteiger partial charge in [-0.2, -0.15) is 4.31 Å². The van der Waals surface area contributed by atoms with Gasteiger partial charge in [-0.25, -0.2) is 8.42 Å². The maximum atomic E-state index is 12.9. The first-order valence-electron chi connectivity index (χ1n) is 11.5. The third-order valence-electron chi connectivity index (χ3n) is 5.72. The normalized spacial score (nSPS) is 16.5. The van der Waals surface area contributed by atoms with Crippen LogP contribution in [0.25, 0.3) is 0 Å². The minimum atomic E-state index is -3.57. The van der Waals surface area contributed by atoms with Gasteiger partial charge in [0.05, 0.1) is 10.8 Å². The fraction of sp³-hybridized carbons (Fsp3) is 0.440. The fourth-order valence-corrected chi connectivity index (χ4v) is 5.82. The van der Waals surface area contributed by atoms with Gasteiger partial charge in [-0.15, -0.1) is 0 Å². The molecule has 7 nitrogen and oxygen atoms in total. The van der Waals surface area contributed by atoms with Crippen LogP contribution in [0.1, 0.15) is 44.2 Å². The molecule has 1 aliphatic heterocycles. The topological polar surface area (TPSA) is 86.8 Å². The van der Waals surface area contributed by atoms with Gasteiger partial charge >= 0.3 is 0 Å². The molecule has 0 aliphatic carbocycles. The summed E-state index contributed by atoms with van der Waals surface area (Å²) in [6, 6.07) is 12.2. The largest absolute Gasteiger partial charge is 0.326 e. The second-order valence-corrected chi connectivity index (χ2v) is 10.6. The van der Waals surface area contributed by atoms with Crippen LogP contribution in [-0.4, -0.2) is 44.2 Å². The number of amides is 2. The summed E-state index contributed by atoms with van der Waals surface area (Å²) in [4.78, 5) is 27.2. The summed E-state index contributed by atoms with van der Waals surface area (Å²) in [6.07, 6.45) is 1.63. The molecule has 0 saturated carbocycles. The molecular weight excluding hydrogens is 438 g/mol. The van der Waals surface area contributed by atoms with E-state index in [0.29, 0.717) is 25.3 Å². The number of carbonyl (C=O) groups is 2. The second kappa shape index (κ2) is 10.5. The minimum absolute atomic E-state index is 0.0754. The molecule has 2 aromatic carbocycles. The molecule has 1 heterocycles. The molecule has 1 saturated heterocycles. The Labute approximate surface area is 196 Å². The number of sulfonamides is 1. The highest BCUT2D eigenvalue weighted by atomic mass is 32.2. The first-order valence-corrected chi connectivity index (χ1v) is 12.9. The van der Waals surface area contributed by atoms with Crippen molar-refractivity contribution in [2.45, 2.75) is 51.9 Å². The molecule has 1 aliphatic rings. The van der Waals surface area contributed by atoms with E-state index >= 15 is 0 Å². The van der Waals surface area contributed by atoms with E-state index in [1.807, 2.05) is 45.9 Å². The molecule has 2 aromatic rings. The van der Waals surface area contributed by atoms with E-state index in [0.717, 1.165) is 29.7 Å². The lowest BCUT2D eigenvalue weighted by Gasteiger charge is -2.21. The lowest BCUT2D eigenvalue weighted by Crippen LogP contribution is -2.32. The Morgan fingerprint density at radius 2 is 1.61 bits per heavy atom. The Morgan fingerprint density at radius 1 is 1.03 bits per heavy atom. The van der Waals surface area contributed by atoms with Crippen molar-refractivity contribution in [1.82, 2.24) is 4.31 Å². The molecule has 2 amide bonds. The van der Waals surface area contributed by atoms with Crippen LogP contribution in [0.5, 0.6) is 0 Å². The highest BCUT2D eigenvalue weighted by Crippen LogP contribution is 2.28. The van der Waals surface area contributed by atoms with Crippen molar-refractivity contribution in [2.24, 2.45) is 5.92 Å². The summed E-state index contributed by atoms with van der Waals surface area (Å²) in [5.74, 6) is -0.788. The van der Waals surface area contributed by atoms with E-state index in [1.54, 1.807) is 17.0 Å². The van der Waals surface area contributed by atoms with Crippen LogP contribution in [0.4, 0.5) is 11.4 Å². The lowest BCUT2D eigenvalue weighted by molar-refractivity contribution is -0.122. The Bertz CT molecular complexity index is 1090. The molecule has 1 N–H and O–H groups in total. The zero-order valence-electron chi connectivity index (χ0n) is 19.8. The Kier molecular flexibility index (Phi) is 7.92. The Morgan fingerprint density at radius 3 is 2.15 bits per heavy atom. The van der Waals surface area contributed by atoms with Gasteiger partial charge in [-0.05, 0) is 74.2 Å². The summed E-state index contributed by atoms with van der Waals surface area (Å²) in [5.41, 5.74) is 3.45. The molecule has 33 heavy (non-hydrogen) atoms. The highest BCUT2D eigenvalue weighted by molar-refractivity contribution is 7.89. The van der Waals surface area contributed by atoms with Gasteiger partial charge in [0.15, 0.2) is 0 Å². The van der Waals surface area contributed by atoms with Crippen molar-refractivity contribution in [3.05, 3.63) is 53.6 Å². The van der Waals surface area contributed by atoms with Crippen molar-refractivity contribution < 1.29 is 18.0 Å². The number of nitrogens with zero attached hydrogens (tertiary/aromatic N) is 2. The lowest BCUT2D eigenvalue weighted by atomic mass is 10.1. The van der Waals surface area contributed by atoms with Crippen molar-refractivity contribution in [3.8, 4) is 0 Å². The van der Waals surface area contributed by atoms with Crippen LogP contribution >= 0.6 is 0 Å². The van der Waals surface area contributed by atoms with Gasteiger partial charge in [-0.3, -0.25) is 9.59 Å². The molecule has 0 bridgehead atoms. The number of hydrogen-bond donors (Lipinski definition) is 1. The molecule has 1 atom stereocenters. The van der Waals surface area contributed by atoms with Crippen LogP contribution in [0.2, 0.25) is 0 Å². The Hall–Kier alpha value is -2.71. The molecule has 0 radical (unpaired) electrons. The van der Waals surface area contributed by atoms with Crippen LogP contribution in [0, 0.1) is 19.8 Å². The first-order chi connectivity index (χ1) is 15.6. The number of aryl methyl sites for hydroxylation is 2. The number of carbonyl (C=O) groups excluding carboxylic acids is 2. The van der Waals surface area contributed by atoms with Gasteiger partial charge in [0.1, 0.15) is 0 Å². The second-order valence-electron chi connectivity index (χ2n) is 8.67. The monoisotopic (exact) mass is 471 g/mol. The average molecular weight is 472 g/mol. The number of benzene rings is 2. The van der Waals surface area contributed by atoms with Gasteiger partial charge < -0.3 is 10.2 Å². The zero-order valence-corrected chi connectivity index (χ0v) is 20.6. The van der Waals surface area contributed by atoms with E-state index in [4.69, 9.17) is 0 Å². The van der Waals surface area contributed by atoms with E-state index < -0.39 is 15.9 Å². The molecular formula is C25H33N3O4S. The summed E-state index contributed by atoms with van der Waals surface area (Å²) < 4.78 is 27.3. The van der Waals surface area contributed by atoms with Gasteiger partial charge in [0.2, 0.25) is 21.8 Å². The number of hydrogen-bond acceptors (Lipinski definition) is 4. The van der Waals surface area contributed by atoms with Crippen molar-refractivity contribution in [1.29, 1.82) is 0 Å². The highest BCUT2D eigenvalue weighted by Gasteiger charge is 2.35. The SMILES string of the molecule is CCCN(CCC)S(=O)(=O)c1ccc(NC(=O)C2CC(=O)N(c3cc(C)cc(C)c3)C2)cc1. The van der Waals surface area contributed by atoms with E-state index in [-0.39, 0.29) is 23.1 Å². The molecule has 3 rings (SSSR count). The molecule has 178 valence electrons. The predicted octanol–water partition coefficient (Wildman–Crippen LogP) is 4.11. The summed E-state index contributed by atoms with van der Waals surface area (Å²) in [5, 5.41) is 2.83. The third-order valence-corrected chi connectivity index (χ3v) is 7.63. The number of rotatable bonds is 9. The maximum absolute atomic E-state index is 12.9.